The van der Waals surface area contributed by atoms with Gasteiger partial charge in [-0.05, 0) is 25.5 Å². The van der Waals surface area contributed by atoms with Gasteiger partial charge in [0.25, 0.3) is 0 Å². The van der Waals surface area contributed by atoms with Gasteiger partial charge in [-0.3, -0.25) is 0 Å². The highest BCUT2D eigenvalue weighted by molar-refractivity contribution is 5.50. The molecule has 15 heavy (non-hydrogen) atoms. The van der Waals surface area contributed by atoms with Crippen LogP contribution in [0, 0.1) is 6.92 Å². The Bertz CT molecular complexity index is 315. The molecular weight excluding hydrogens is 190 g/mol. The molecule has 0 aromatic carbocycles. The highest BCUT2D eigenvalue weighted by atomic mass is 16.3. The first-order valence-electron chi connectivity index (χ1n) is 5.25. The fourth-order valence-electron chi connectivity index (χ4n) is 1.63. The van der Waals surface area contributed by atoms with Crippen molar-refractivity contribution in [3.05, 3.63) is 23.4 Å². The summed E-state index contributed by atoms with van der Waals surface area (Å²) < 4.78 is 0. The Kier molecular flexibility index (Phi) is 4.52. The predicted octanol–water partition coefficient (Wildman–Crippen LogP) is 0.667. The van der Waals surface area contributed by atoms with Crippen LogP contribution in [0.15, 0.2) is 12.3 Å². The third kappa shape index (κ3) is 2.67. The minimum Gasteiger partial charge on any atom is -0.395 e. The number of aliphatic hydroxyl groups excluding tert-OH is 1. The van der Waals surface area contributed by atoms with Crippen molar-refractivity contribution in [2.24, 2.45) is 5.73 Å². The summed E-state index contributed by atoms with van der Waals surface area (Å²) in [5, 5.41) is 8.96. The highest BCUT2D eigenvalue weighted by Gasteiger charge is 2.11. The van der Waals surface area contributed by atoms with Crippen molar-refractivity contribution in [1.29, 1.82) is 0 Å². The molecule has 4 heteroatoms. The van der Waals surface area contributed by atoms with Crippen molar-refractivity contribution in [2.75, 3.05) is 24.6 Å². The average Bonchev–Trinajstić information content (AvgIpc) is 2.25. The number of rotatable bonds is 5. The summed E-state index contributed by atoms with van der Waals surface area (Å²) in [5.74, 6) is 0.897. The van der Waals surface area contributed by atoms with Crippen LogP contribution in [-0.4, -0.2) is 29.8 Å². The number of likely N-dealkylation sites (N-methyl/N-ethyl adjacent to an activating group) is 1. The Hall–Kier alpha value is -1.13. The maximum atomic E-state index is 8.96. The van der Waals surface area contributed by atoms with Crippen molar-refractivity contribution in [3.8, 4) is 0 Å². The molecule has 0 fully saturated rings. The van der Waals surface area contributed by atoms with Gasteiger partial charge in [0.15, 0.2) is 0 Å². The van der Waals surface area contributed by atoms with E-state index in [0.717, 1.165) is 23.5 Å². The van der Waals surface area contributed by atoms with Crippen LogP contribution in [0.25, 0.3) is 0 Å². The molecule has 1 aromatic rings. The van der Waals surface area contributed by atoms with E-state index in [9.17, 15) is 0 Å². The molecule has 0 saturated heterocycles. The lowest BCUT2D eigenvalue weighted by atomic mass is 10.1. The van der Waals surface area contributed by atoms with Gasteiger partial charge in [0, 0.05) is 31.4 Å². The van der Waals surface area contributed by atoms with Crippen LogP contribution in [0.4, 0.5) is 5.82 Å². The van der Waals surface area contributed by atoms with Crippen LogP contribution in [-0.2, 0) is 6.54 Å². The van der Waals surface area contributed by atoms with Gasteiger partial charge >= 0.3 is 0 Å². The standard InChI is InChI=1S/C11H19N3O/c1-3-14(6-7-15)11-10(8-12)9(2)4-5-13-11/h4-5,15H,3,6-8,12H2,1-2H3. The number of aliphatic hydroxyl groups is 1. The first kappa shape index (κ1) is 11.9. The zero-order valence-electron chi connectivity index (χ0n) is 9.40. The second-order valence-corrected chi connectivity index (χ2v) is 3.44. The van der Waals surface area contributed by atoms with Crippen LogP contribution in [0.1, 0.15) is 18.1 Å². The van der Waals surface area contributed by atoms with Crippen LogP contribution >= 0.6 is 0 Å². The molecule has 4 nitrogen and oxygen atoms in total. The Labute approximate surface area is 90.7 Å². The van der Waals surface area contributed by atoms with E-state index in [2.05, 4.69) is 4.98 Å². The number of nitrogens with two attached hydrogens (primary N) is 1. The minimum atomic E-state index is 0.132. The van der Waals surface area contributed by atoms with Gasteiger partial charge in [0.1, 0.15) is 5.82 Å². The van der Waals surface area contributed by atoms with Crippen LogP contribution < -0.4 is 10.6 Å². The van der Waals surface area contributed by atoms with E-state index in [1.165, 1.54) is 0 Å². The molecule has 0 aliphatic carbocycles. The van der Waals surface area contributed by atoms with Crippen molar-refractivity contribution in [1.82, 2.24) is 4.98 Å². The molecule has 0 bridgehead atoms. The molecule has 0 aliphatic heterocycles. The number of nitrogens with zero attached hydrogens (tertiary/aromatic N) is 2. The molecule has 0 saturated carbocycles. The lowest BCUT2D eigenvalue weighted by Crippen LogP contribution is -2.28. The van der Waals surface area contributed by atoms with Crippen LogP contribution in [0.2, 0.25) is 0 Å². The third-order valence-corrected chi connectivity index (χ3v) is 2.52. The van der Waals surface area contributed by atoms with E-state index >= 15 is 0 Å². The van der Waals surface area contributed by atoms with Crippen molar-refractivity contribution in [2.45, 2.75) is 20.4 Å². The predicted molar refractivity (Wildman–Crippen MR) is 61.8 cm³/mol. The monoisotopic (exact) mass is 209 g/mol. The second kappa shape index (κ2) is 5.68. The molecule has 84 valence electrons. The largest absolute Gasteiger partial charge is 0.395 e. The molecule has 0 atom stereocenters. The van der Waals surface area contributed by atoms with E-state index < -0.39 is 0 Å². The van der Waals surface area contributed by atoms with Gasteiger partial charge < -0.3 is 15.7 Å². The maximum absolute atomic E-state index is 8.96. The summed E-state index contributed by atoms with van der Waals surface area (Å²) in [6.07, 6.45) is 1.78. The number of anilines is 1. The Morgan fingerprint density at radius 2 is 2.27 bits per heavy atom. The lowest BCUT2D eigenvalue weighted by molar-refractivity contribution is 0.302. The van der Waals surface area contributed by atoms with Crippen LogP contribution in [0.3, 0.4) is 0 Å². The molecule has 3 N–H and O–H groups in total. The van der Waals surface area contributed by atoms with Crippen molar-refractivity contribution < 1.29 is 5.11 Å². The number of aryl methyl sites for hydroxylation is 1. The summed E-state index contributed by atoms with van der Waals surface area (Å²) in [6, 6.07) is 1.96. The first-order chi connectivity index (χ1) is 7.24. The first-order valence-corrected chi connectivity index (χ1v) is 5.25. The quantitative estimate of drug-likeness (QED) is 0.748. The van der Waals surface area contributed by atoms with E-state index in [0.29, 0.717) is 13.1 Å². The Morgan fingerprint density at radius 3 is 2.80 bits per heavy atom. The average molecular weight is 209 g/mol. The van der Waals surface area contributed by atoms with Crippen molar-refractivity contribution in [3.63, 3.8) is 0 Å². The molecule has 0 unspecified atom stereocenters. The van der Waals surface area contributed by atoms with Crippen LogP contribution in [0.5, 0.6) is 0 Å². The Morgan fingerprint density at radius 1 is 1.53 bits per heavy atom. The summed E-state index contributed by atoms with van der Waals surface area (Å²) in [4.78, 5) is 6.37. The molecule has 1 rings (SSSR count). The molecule has 0 radical (unpaired) electrons. The summed E-state index contributed by atoms with van der Waals surface area (Å²) in [5.41, 5.74) is 7.93. The molecule has 0 amide bonds. The van der Waals surface area contributed by atoms with Gasteiger partial charge in [-0.25, -0.2) is 4.98 Å². The van der Waals surface area contributed by atoms with Gasteiger partial charge in [0.2, 0.25) is 0 Å². The van der Waals surface area contributed by atoms with Gasteiger partial charge in [-0.1, -0.05) is 0 Å². The van der Waals surface area contributed by atoms with E-state index in [-0.39, 0.29) is 6.61 Å². The Balaban J connectivity index is 3.04. The molecule has 1 aromatic heterocycles. The van der Waals surface area contributed by atoms with Gasteiger partial charge in [0.05, 0.1) is 6.61 Å². The SMILES string of the molecule is CCN(CCO)c1nccc(C)c1CN. The van der Waals surface area contributed by atoms with E-state index in [1.807, 2.05) is 24.8 Å². The summed E-state index contributed by atoms with van der Waals surface area (Å²) in [7, 11) is 0. The fourth-order valence-corrected chi connectivity index (χ4v) is 1.63. The topological polar surface area (TPSA) is 62.4 Å². The minimum absolute atomic E-state index is 0.132. The highest BCUT2D eigenvalue weighted by Crippen LogP contribution is 2.19. The molecular formula is C11H19N3O. The third-order valence-electron chi connectivity index (χ3n) is 2.52. The van der Waals surface area contributed by atoms with E-state index in [1.54, 1.807) is 6.20 Å². The van der Waals surface area contributed by atoms with Gasteiger partial charge in [-0.2, -0.15) is 0 Å². The number of aromatic nitrogens is 1. The number of hydrogen-bond acceptors (Lipinski definition) is 4. The maximum Gasteiger partial charge on any atom is 0.133 e. The van der Waals surface area contributed by atoms with E-state index in [4.69, 9.17) is 10.8 Å². The zero-order valence-corrected chi connectivity index (χ0v) is 9.40. The summed E-state index contributed by atoms with van der Waals surface area (Å²) in [6.45, 7) is 6.11. The smallest absolute Gasteiger partial charge is 0.133 e. The molecule has 1 heterocycles. The van der Waals surface area contributed by atoms with Crippen molar-refractivity contribution >= 4 is 5.82 Å². The lowest BCUT2D eigenvalue weighted by Gasteiger charge is -2.24. The molecule has 0 spiro atoms. The zero-order chi connectivity index (χ0) is 11.3. The fraction of sp³-hybridized carbons (Fsp3) is 0.545. The summed E-state index contributed by atoms with van der Waals surface area (Å²) >= 11 is 0. The number of hydrogen-bond donors (Lipinski definition) is 2. The van der Waals surface area contributed by atoms with Gasteiger partial charge in [-0.15, -0.1) is 0 Å². The normalized spacial score (nSPS) is 10.4. The number of pyridine rings is 1. The molecule has 0 aliphatic rings. The second-order valence-electron chi connectivity index (χ2n) is 3.44.